The molecule has 3 atom stereocenters. The number of aromatic nitrogens is 1. The number of methoxy groups -OCH3 is 1. The molecule has 0 amide bonds. The molecule has 0 radical (unpaired) electrons. The first kappa shape index (κ1) is 17.3. The van der Waals surface area contributed by atoms with E-state index < -0.39 is 6.29 Å². The van der Waals surface area contributed by atoms with E-state index in [2.05, 4.69) is 0 Å². The van der Waals surface area contributed by atoms with E-state index in [-0.39, 0.29) is 28.3 Å². The van der Waals surface area contributed by atoms with Crippen LogP contribution in [0.4, 0.5) is 0 Å². The Morgan fingerprint density at radius 1 is 1.31 bits per heavy atom. The quantitative estimate of drug-likeness (QED) is 0.768. The molecular weight excluding hydrogens is 354 g/mol. The zero-order valence-corrected chi connectivity index (χ0v) is 15.5. The maximum Gasteiger partial charge on any atom is 0.266 e. The monoisotopic (exact) mass is 373 g/mol. The molecule has 0 spiro atoms. The fraction of sp³-hybridized carbons (Fsp3) is 0.368. The Bertz CT molecular complexity index is 921. The molecule has 1 saturated heterocycles. The predicted octanol–water partition coefficient (Wildman–Crippen LogP) is 2.88. The van der Waals surface area contributed by atoms with Crippen molar-refractivity contribution in [2.75, 3.05) is 20.0 Å². The van der Waals surface area contributed by atoms with Crippen LogP contribution in [0.5, 0.6) is 5.75 Å². The van der Waals surface area contributed by atoms with Gasteiger partial charge in [0, 0.05) is 5.69 Å². The molecule has 0 saturated carbocycles. The maximum atomic E-state index is 13.1. The highest BCUT2D eigenvalue weighted by atomic mass is 32.2. The summed E-state index contributed by atoms with van der Waals surface area (Å²) < 4.78 is 18.5. The van der Waals surface area contributed by atoms with Crippen LogP contribution in [0.2, 0.25) is 0 Å². The third kappa shape index (κ3) is 2.58. The number of carbonyl (C=O) groups is 1. The number of pyridine rings is 1. The van der Waals surface area contributed by atoms with Crippen LogP contribution in [0.15, 0.2) is 35.1 Å². The van der Waals surface area contributed by atoms with Gasteiger partial charge in [-0.25, -0.2) is 0 Å². The highest BCUT2D eigenvalue weighted by Gasteiger charge is 2.44. The van der Waals surface area contributed by atoms with Crippen molar-refractivity contribution in [1.29, 1.82) is 0 Å². The number of rotatable bonds is 4. The minimum absolute atomic E-state index is 0.00643. The summed E-state index contributed by atoms with van der Waals surface area (Å²) in [4.78, 5) is 25.2. The van der Waals surface area contributed by atoms with Gasteiger partial charge in [0.25, 0.3) is 5.56 Å². The standard InChI is InChI=1S/C19H19NO5S/c1-10(21)13-8-14-16(19-24-9-15(25-19)17(14)26-3)20(18(13)22)11-4-6-12(23-2)7-5-11/h4-8,15,17,19H,9H2,1-3H3/t15-,17+,19-/m1/s1. The number of benzene rings is 1. The molecule has 1 aromatic carbocycles. The molecule has 4 rings (SSSR count). The maximum absolute atomic E-state index is 13.1. The molecule has 1 fully saturated rings. The summed E-state index contributed by atoms with van der Waals surface area (Å²) in [6.07, 6.45) is 1.31. The molecular formula is C19H19NO5S. The van der Waals surface area contributed by atoms with Gasteiger partial charge in [0.2, 0.25) is 0 Å². The third-order valence-electron chi connectivity index (χ3n) is 4.81. The number of carbonyl (C=O) groups excluding carboxylic acids is 1. The van der Waals surface area contributed by atoms with Crippen molar-refractivity contribution in [3.8, 4) is 11.4 Å². The molecule has 7 heteroatoms. The van der Waals surface area contributed by atoms with Crippen molar-refractivity contribution in [2.45, 2.75) is 24.6 Å². The van der Waals surface area contributed by atoms with Crippen LogP contribution in [0.1, 0.15) is 40.1 Å². The second-order valence-corrected chi connectivity index (χ2v) is 7.27. The van der Waals surface area contributed by atoms with Crippen LogP contribution >= 0.6 is 11.8 Å². The molecule has 2 aromatic rings. The Hall–Kier alpha value is -2.09. The van der Waals surface area contributed by atoms with Crippen molar-refractivity contribution in [2.24, 2.45) is 0 Å². The summed E-state index contributed by atoms with van der Waals surface area (Å²) in [6.45, 7) is 1.89. The average Bonchev–Trinajstić information content (AvgIpc) is 3.07. The molecule has 0 aliphatic carbocycles. The second kappa shape index (κ2) is 6.57. The molecule has 2 aliphatic rings. The predicted molar refractivity (Wildman–Crippen MR) is 98.4 cm³/mol. The lowest BCUT2D eigenvalue weighted by Crippen LogP contribution is -2.34. The largest absolute Gasteiger partial charge is 0.497 e. The smallest absolute Gasteiger partial charge is 0.266 e. The van der Waals surface area contributed by atoms with Crippen molar-refractivity contribution < 1.29 is 19.0 Å². The van der Waals surface area contributed by atoms with Gasteiger partial charge in [0.05, 0.1) is 30.2 Å². The van der Waals surface area contributed by atoms with Gasteiger partial charge in [0.15, 0.2) is 12.1 Å². The zero-order valence-electron chi connectivity index (χ0n) is 14.7. The van der Waals surface area contributed by atoms with E-state index in [9.17, 15) is 9.59 Å². The molecule has 3 heterocycles. The van der Waals surface area contributed by atoms with Gasteiger partial charge in [-0.05, 0) is 49.1 Å². The van der Waals surface area contributed by atoms with E-state index >= 15 is 0 Å². The summed E-state index contributed by atoms with van der Waals surface area (Å²) in [5.74, 6) is 0.438. The lowest BCUT2D eigenvalue weighted by molar-refractivity contribution is -0.0733. The third-order valence-corrected chi connectivity index (χ3v) is 5.88. The number of ether oxygens (including phenoxy) is 3. The molecule has 6 nitrogen and oxygen atoms in total. The van der Waals surface area contributed by atoms with E-state index in [4.69, 9.17) is 14.2 Å². The van der Waals surface area contributed by atoms with Crippen LogP contribution in [-0.2, 0) is 9.47 Å². The summed E-state index contributed by atoms with van der Waals surface area (Å²) in [5, 5.41) is 0.00643. The normalized spacial score (nSPS) is 23.6. The molecule has 0 N–H and O–H groups in total. The minimum Gasteiger partial charge on any atom is -0.497 e. The van der Waals surface area contributed by atoms with E-state index in [1.165, 1.54) is 6.92 Å². The Morgan fingerprint density at radius 2 is 2.04 bits per heavy atom. The summed E-state index contributed by atoms with van der Waals surface area (Å²) in [5.41, 5.74) is 2.06. The number of Topliss-reactive ketones (excluding diaryl/α,β-unsaturated/α-hetero) is 1. The molecule has 26 heavy (non-hydrogen) atoms. The average molecular weight is 373 g/mol. The van der Waals surface area contributed by atoms with E-state index in [1.54, 1.807) is 53.8 Å². The number of nitrogens with zero attached hydrogens (tertiary/aromatic N) is 1. The Morgan fingerprint density at radius 3 is 2.65 bits per heavy atom. The number of hydrogen-bond donors (Lipinski definition) is 0. The molecule has 1 aromatic heterocycles. The van der Waals surface area contributed by atoms with Crippen LogP contribution < -0.4 is 10.3 Å². The van der Waals surface area contributed by atoms with Crippen molar-refractivity contribution in [1.82, 2.24) is 4.57 Å². The van der Waals surface area contributed by atoms with E-state index in [0.29, 0.717) is 23.7 Å². The first-order valence-corrected chi connectivity index (χ1v) is 9.59. The Kier molecular flexibility index (Phi) is 4.38. The van der Waals surface area contributed by atoms with Gasteiger partial charge < -0.3 is 14.2 Å². The zero-order chi connectivity index (χ0) is 18.4. The number of thioether (sulfide) groups is 1. The second-order valence-electron chi connectivity index (χ2n) is 6.29. The molecule has 2 bridgehead atoms. The fourth-order valence-corrected chi connectivity index (χ4v) is 4.45. The summed E-state index contributed by atoms with van der Waals surface area (Å²) >= 11 is 1.63. The number of ketones is 1. The minimum atomic E-state index is -0.603. The van der Waals surface area contributed by atoms with Crippen LogP contribution in [-0.4, -0.2) is 36.4 Å². The number of hydrogen-bond acceptors (Lipinski definition) is 6. The summed E-state index contributed by atoms with van der Waals surface area (Å²) in [7, 11) is 1.59. The fourth-order valence-electron chi connectivity index (χ4n) is 3.56. The lowest BCUT2D eigenvalue weighted by atomic mass is 9.99. The van der Waals surface area contributed by atoms with Crippen molar-refractivity contribution in [3.05, 3.63) is 57.5 Å². The van der Waals surface area contributed by atoms with Crippen LogP contribution in [0.25, 0.3) is 5.69 Å². The van der Waals surface area contributed by atoms with Crippen molar-refractivity contribution >= 4 is 17.5 Å². The highest BCUT2D eigenvalue weighted by molar-refractivity contribution is 7.98. The lowest BCUT2D eigenvalue weighted by Gasteiger charge is -2.31. The first-order valence-electron chi connectivity index (χ1n) is 8.30. The highest BCUT2D eigenvalue weighted by Crippen LogP contribution is 2.47. The molecule has 0 unspecified atom stereocenters. The Labute approximate surface area is 155 Å². The topological polar surface area (TPSA) is 66.8 Å². The van der Waals surface area contributed by atoms with Gasteiger partial charge in [-0.15, -0.1) is 0 Å². The van der Waals surface area contributed by atoms with Gasteiger partial charge >= 0.3 is 0 Å². The van der Waals surface area contributed by atoms with Gasteiger partial charge in [0.1, 0.15) is 11.9 Å². The van der Waals surface area contributed by atoms with Gasteiger partial charge in [-0.1, -0.05) is 0 Å². The van der Waals surface area contributed by atoms with Crippen molar-refractivity contribution in [3.63, 3.8) is 0 Å². The molecule has 2 aliphatic heterocycles. The van der Waals surface area contributed by atoms with E-state index in [1.807, 2.05) is 6.26 Å². The SMILES string of the molecule is COc1ccc(-n2c3c(cc(C(C)=O)c2=O)[C@H](SC)[C@H]2CO[C@@H]3O2)cc1. The van der Waals surface area contributed by atoms with E-state index in [0.717, 1.165) is 5.56 Å². The van der Waals surface area contributed by atoms with Gasteiger partial charge in [-0.2, -0.15) is 11.8 Å². The Balaban J connectivity index is 2.02. The van der Waals surface area contributed by atoms with Gasteiger partial charge in [-0.3, -0.25) is 14.2 Å². The van der Waals surface area contributed by atoms with Crippen LogP contribution in [0, 0.1) is 0 Å². The number of fused-ring (bicyclic) bond motifs is 4. The first-order chi connectivity index (χ1) is 12.5. The summed E-state index contributed by atoms with van der Waals surface area (Å²) in [6, 6.07) is 8.86. The molecule has 136 valence electrons. The van der Waals surface area contributed by atoms with Crippen LogP contribution in [0.3, 0.4) is 0 Å².